The number of hydrogen-bond acceptors (Lipinski definition) is 4. The van der Waals surface area contributed by atoms with Gasteiger partial charge in [-0.05, 0) is 26.8 Å². The van der Waals surface area contributed by atoms with E-state index >= 15 is 0 Å². The molecule has 0 aliphatic heterocycles. The molecule has 3 nitrogen and oxygen atoms in total. The maximum Gasteiger partial charge on any atom is 0.123 e. The van der Waals surface area contributed by atoms with Crippen LogP contribution in [0.3, 0.4) is 0 Å². The van der Waals surface area contributed by atoms with Crippen LogP contribution in [-0.4, -0.2) is 11.6 Å². The van der Waals surface area contributed by atoms with Crippen LogP contribution in [0.25, 0.3) is 0 Å². The molecule has 0 unspecified atom stereocenters. The molecule has 19 heavy (non-hydrogen) atoms. The Morgan fingerprint density at radius 2 is 2.11 bits per heavy atom. The van der Waals surface area contributed by atoms with Gasteiger partial charge in [-0.25, -0.2) is 4.98 Å². The second-order valence-corrected chi connectivity index (χ2v) is 5.75. The first-order valence-electron chi connectivity index (χ1n) is 6.49. The fourth-order valence-electron chi connectivity index (χ4n) is 1.87. The Kier molecular flexibility index (Phi) is 4.56. The molecule has 0 saturated heterocycles. The Hall–Kier alpha value is -1.39. The van der Waals surface area contributed by atoms with Gasteiger partial charge in [-0.3, -0.25) is 0 Å². The van der Waals surface area contributed by atoms with Crippen LogP contribution in [0.15, 0.2) is 35.8 Å². The van der Waals surface area contributed by atoms with E-state index in [9.17, 15) is 0 Å². The first-order chi connectivity index (χ1) is 9.13. The van der Waals surface area contributed by atoms with Crippen molar-refractivity contribution in [2.75, 3.05) is 6.61 Å². The molecule has 0 saturated carbocycles. The van der Waals surface area contributed by atoms with E-state index in [1.807, 2.05) is 36.7 Å². The van der Waals surface area contributed by atoms with E-state index in [2.05, 4.69) is 30.2 Å². The summed E-state index contributed by atoms with van der Waals surface area (Å²) < 4.78 is 5.64. The Bertz CT molecular complexity index is 509. The number of nitrogens with one attached hydrogen (secondary N) is 1. The minimum absolute atomic E-state index is 0.131. The van der Waals surface area contributed by atoms with Crippen LogP contribution >= 0.6 is 11.3 Å². The lowest BCUT2D eigenvalue weighted by molar-refractivity contribution is 0.330. The molecule has 0 radical (unpaired) electrons. The van der Waals surface area contributed by atoms with Gasteiger partial charge in [0.25, 0.3) is 0 Å². The van der Waals surface area contributed by atoms with Crippen molar-refractivity contribution >= 4 is 11.3 Å². The van der Waals surface area contributed by atoms with Crippen molar-refractivity contribution in [2.45, 2.75) is 32.9 Å². The van der Waals surface area contributed by atoms with Crippen LogP contribution in [0.2, 0.25) is 0 Å². The summed E-state index contributed by atoms with van der Waals surface area (Å²) >= 11 is 1.67. The number of thiazole rings is 1. The van der Waals surface area contributed by atoms with Crippen LogP contribution in [0.5, 0.6) is 5.75 Å². The highest BCUT2D eigenvalue weighted by atomic mass is 32.1. The molecule has 0 aliphatic carbocycles. The van der Waals surface area contributed by atoms with Crippen LogP contribution in [0.4, 0.5) is 0 Å². The van der Waals surface area contributed by atoms with E-state index in [4.69, 9.17) is 4.74 Å². The number of rotatable bonds is 6. The highest BCUT2D eigenvalue weighted by molar-refractivity contribution is 7.09. The smallest absolute Gasteiger partial charge is 0.123 e. The molecule has 1 heterocycles. The van der Waals surface area contributed by atoms with Crippen LogP contribution < -0.4 is 10.1 Å². The van der Waals surface area contributed by atoms with Gasteiger partial charge in [0.1, 0.15) is 10.8 Å². The van der Waals surface area contributed by atoms with Crippen molar-refractivity contribution in [3.63, 3.8) is 0 Å². The van der Waals surface area contributed by atoms with Crippen LogP contribution in [0, 0.1) is 0 Å². The van der Waals surface area contributed by atoms with E-state index in [0.29, 0.717) is 6.61 Å². The summed E-state index contributed by atoms with van der Waals surface area (Å²) in [5.74, 6) is 0.951. The van der Waals surface area contributed by atoms with Crippen LogP contribution in [0.1, 0.15) is 31.3 Å². The van der Waals surface area contributed by atoms with Crippen molar-refractivity contribution < 1.29 is 4.74 Å². The second kappa shape index (κ2) is 6.17. The highest BCUT2D eigenvalue weighted by Crippen LogP contribution is 2.24. The van der Waals surface area contributed by atoms with Crippen molar-refractivity contribution in [3.05, 3.63) is 46.4 Å². The van der Waals surface area contributed by atoms with E-state index in [1.54, 1.807) is 11.3 Å². The number of benzene rings is 1. The fraction of sp³-hybridized carbons (Fsp3) is 0.400. The lowest BCUT2D eigenvalue weighted by Crippen LogP contribution is -2.35. The fourth-order valence-corrected chi connectivity index (χ4v) is 2.61. The molecule has 0 amide bonds. The largest absolute Gasteiger partial charge is 0.494 e. The molecule has 4 heteroatoms. The molecule has 0 bridgehead atoms. The molecule has 1 aromatic heterocycles. The molecule has 0 spiro atoms. The van der Waals surface area contributed by atoms with Gasteiger partial charge in [0, 0.05) is 23.7 Å². The molecule has 2 aromatic rings. The third-order valence-electron chi connectivity index (χ3n) is 2.96. The molecular formula is C15H20N2OS. The second-order valence-electron chi connectivity index (χ2n) is 4.86. The Balaban J connectivity index is 2.06. The van der Waals surface area contributed by atoms with Crippen LogP contribution in [-0.2, 0) is 12.1 Å². The number of ether oxygens (including phenoxy) is 1. The lowest BCUT2D eigenvalue weighted by Gasteiger charge is -2.24. The first-order valence-corrected chi connectivity index (χ1v) is 7.37. The van der Waals surface area contributed by atoms with Gasteiger partial charge in [0.05, 0.1) is 12.1 Å². The predicted octanol–water partition coefficient (Wildman–Crippen LogP) is 3.57. The maximum atomic E-state index is 5.64. The molecule has 0 aliphatic rings. The third kappa shape index (κ3) is 3.55. The van der Waals surface area contributed by atoms with E-state index < -0.39 is 0 Å². The number of aromatic nitrogens is 1. The molecule has 0 atom stereocenters. The first kappa shape index (κ1) is 14.0. The summed E-state index contributed by atoms with van der Waals surface area (Å²) in [7, 11) is 0. The zero-order chi connectivity index (χ0) is 13.7. The summed E-state index contributed by atoms with van der Waals surface area (Å²) in [5, 5.41) is 6.65. The van der Waals surface area contributed by atoms with E-state index in [-0.39, 0.29) is 5.54 Å². The Morgan fingerprint density at radius 3 is 2.79 bits per heavy atom. The number of hydrogen-bond donors (Lipinski definition) is 1. The van der Waals surface area contributed by atoms with E-state index in [0.717, 1.165) is 17.3 Å². The van der Waals surface area contributed by atoms with E-state index in [1.165, 1.54) is 5.56 Å². The zero-order valence-corrected chi connectivity index (χ0v) is 12.5. The molecule has 1 aromatic carbocycles. The lowest BCUT2D eigenvalue weighted by atomic mass is 10.1. The molecule has 0 fully saturated rings. The SMILES string of the molecule is CCOc1ccccc1CNC(C)(C)c1nccs1. The molecule has 1 N–H and O–H groups in total. The predicted molar refractivity (Wildman–Crippen MR) is 79.6 cm³/mol. The summed E-state index contributed by atoms with van der Waals surface area (Å²) in [5.41, 5.74) is 1.04. The Labute approximate surface area is 118 Å². The summed E-state index contributed by atoms with van der Waals surface area (Å²) in [6, 6.07) is 8.14. The van der Waals surface area contributed by atoms with Crippen molar-refractivity contribution in [2.24, 2.45) is 0 Å². The van der Waals surface area contributed by atoms with Gasteiger partial charge < -0.3 is 10.1 Å². The number of para-hydroxylation sites is 1. The van der Waals surface area contributed by atoms with Gasteiger partial charge in [-0.2, -0.15) is 0 Å². The standard InChI is InChI=1S/C15H20N2OS/c1-4-18-13-8-6-5-7-12(13)11-17-15(2,3)14-16-9-10-19-14/h5-10,17H,4,11H2,1-3H3. The van der Waals surface area contributed by atoms with Gasteiger partial charge in [0.2, 0.25) is 0 Å². The average Bonchev–Trinajstić information content (AvgIpc) is 2.93. The summed E-state index contributed by atoms with van der Waals surface area (Å²) in [6.07, 6.45) is 1.84. The normalized spacial score (nSPS) is 11.5. The Morgan fingerprint density at radius 1 is 1.32 bits per heavy atom. The van der Waals surface area contributed by atoms with Gasteiger partial charge in [-0.1, -0.05) is 18.2 Å². The molecule has 102 valence electrons. The minimum Gasteiger partial charge on any atom is -0.494 e. The van der Waals surface area contributed by atoms with Gasteiger partial charge >= 0.3 is 0 Å². The summed E-state index contributed by atoms with van der Waals surface area (Å²) in [4.78, 5) is 4.38. The minimum atomic E-state index is -0.131. The quantitative estimate of drug-likeness (QED) is 0.876. The average molecular weight is 276 g/mol. The van der Waals surface area contributed by atoms with Gasteiger partial charge in [-0.15, -0.1) is 11.3 Å². The zero-order valence-electron chi connectivity index (χ0n) is 11.6. The topological polar surface area (TPSA) is 34.1 Å². The number of nitrogens with zero attached hydrogens (tertiary/aromatic N) is 1. The molecule has 2 rings (SSSR count). The molecular weight excluding hydrogens is 256 g/mol. The van der Waals surface area contributed by atoms with Crippen molar-refractivity contribution in [1.29, 1.82) is 0 Å². The third-order valence-corrected chi connectivity index (χ3v) is 4.06. The van der Waals surface area contributed by atoms with Gasteiger partial charge in [0.15, 0.2) is 0 Å². The maximum absolute atomic E-state index is 5.64. The van der Waals surface area contributed by atoms with Crippen molar-refractivity contribution in [3.8, 4) is 5.75 Å². The van der Waals surface area contributed by atoms with Crippen molar-refractivity contribution in [1.82, 2.24) is 10.3 Å². The monoisotopic (exact) mass is 276 g/mol. The highest BCUT2D eigenvalue weighted by Gasteiger charge is 2.22. The summed E-state index contributed by atoms with van der Waals surface area (Å²) in [6.45, 7) is 7.75.